The number of fused-ring (bicyclic) bond motifs is 1. The van der Waals surface area contributed by atoms with Gasteiger partial charge >= 0.3 is 11.9 Å². The van der Waals surface area contributed by atoms with E-state index in [-0.39, 0.29) is 47.7 Å². The van der Waals surface area contributed by atoms with E-state index in [4.69, 9.17) is 16.7 Å². The summed E-state index contributed by atoms with van der Waals surface area (Å²) in [6.07, 6.45) is 1.36. The molecule has 2 aromatic carbocycles. The van der Waals surface area contributed by atoms with Gasteiger partial charge in [-0.25, -0.2) is 22.0 Å². The Morgan fingerprint density at radius 1 is 1.16 bits per heavy atom. The van der Waals surface area contributed by atoms with E-state index in [1.165, 1.54) is 17.9 Å². The van der Waals surface area contributed by atoms with Crippen molar-refractivity contribution in [3.05, 3.63) is 53.1 Å². The van der Waals surface area contributed by atoms with Gasteiger partial charge in [-0.1, -0.05) is 41.9 Å². The van der Waals surface area contributed by atoms with Crippen LogP contribution >= 0.6 is 11.6 Å². The summed E-state index contributed by atoms with van der Waals surface area (Å²) < 4.78 is 52.6. The molecule has 17 heteroatoms. The number of nitrogens with two attached hydrogens (primary N) is 1. The molecule has 1 heterocycles. The fourth-order valence-electron chi connectivity index (χ4n) is 5.69. The highest BCUT2D eigenvalue weighted by atomic mass is 35.5. The van der Waals surface area contributed by atoms with Crippen LogP contribution in [0.25, 0.3) is 0 Å². The van der Waals surface area contributed by atoms with E-state index in [2.05, 4.69) is 15.4 Å². The van der Waals surface area contributed by atoms with Crippen LogP contribution in [0.4, 0.5) is 5.69 Å². The molecule has 44 heavy (non-hydrogen) atoms. The van der Waals surface area contributed by atoms with E-state index >= 15 is 0 Å². The zero-order chi connectivity index (χ0) is 32.4. The van der Waals surface area contributed by atoms with Gasteiger partial charge in [0.25, 0.3) is 0 Å². The Kier molecular flexibility index (Phi) is 9.92. The molecule has 2 atom stereocenters. The predicted molar refractivity (Wildman–Crippen MR) is 160 cm³/mol. The molecule has 1 amide bonds. The first kappa shape index (κ1) is 33.6. The SMILES string of the molecule is C[C@H](N[C@@H](CCc1ccccc1)C(=O)O)C(=O)N(CC(=O)O)C1CCC2(CC1)Nc1cc(Cl)c(S(N)(=O)=O)cc1S(=O)(=O)N2. The minimum absolute atomic E-state index is 0.0751. The number of nitrogens with zero attached hydrogens (tertiary/aromatic N) is 1. The molecule has 1 fully saturated rings. The number of rotatable bonds is 11. The molecular weight excluding hydrogens is 638 g/mol. The number of hydrogen-bond donors (Lipinski definition) is 6. The van der Waals surface area contributed by atoms with Crippen molar-refractivity contribution in [1.82, 2.24) is 14.9 Å². The number of nitrogens with one attached hydrogen (secondary N) is 3. The molecule has 240 valence electrons. The number of benzene rings is 2. The lowest BCUT2D eigenvalue weighted by Gasteiger charge is -2.46. The Bertz CT molecular complexity index is 1650. The van der Waals surface area contributed by atoms with Gasteiger partial charge in [0.2, 0.25) is 26.0 Å². The Hall–Kier alpha value is -3.28. The molecule has 0 unspecified atom stereocenters. The summed E-state index contributed by atoms with van der Waals surface area (Å²) in [5.74, 6) is -2.99. The third-order valence-corrected chi connectivity index (χ3v) is 10.8. The molecule has 0 radical (unpaired) electrons. The van der Waals surface area contributed by atoms with Gasteiger partial charge in [-0.15, -0.1) is 0 Å². The molecule has 0 bridgehead atoms. The van der Waals surface area contributed by atoms with Crippen LogP contribution in [-0.4, -0.2) is 80.1 Å². The highest BCUT2D eigenvalue weighted by molar-refractivity contribution is 7.90. The molecule has 0 aromatic heterocycles. The maximum atomic E-state index is 13.5. The third kappa shape index (κ3) is 7.68. The Morgan fingerprint density at radius 2 is 1.80 bits per heavy atom. The summed E-state index contributed by atoms with van der Waals surface area (Å²) in [4.78, 5) is 37.5. The number of carboxylic acids is 2. The van der Waals surface area contributed by atoms with Crippen LogP contribution in [0.15, 0.2) is 52.3 Å². The lowest BCUT2D eigenvalue weighted by Crippen LogP contribution is -2.61. The first-order chi connectivity index (χ1) is 20.5. The van der Waals surface area contributed by atoms with Crippen molar-refractivity contribution in [1.29, 1.82) is 0 Å². The van der Waals surface area contributed by atoms with Crippen molar-refractivity contribution in [2.24, 2.45) is 5.14 Å². The largest absolute Gasteiger partial charge is 0.480 e. The predicted octanol–water partition coefficient (Wildman–Crippen LogP) is 1.31. The van der Waals surface area contributed by atoms with Crippen molar-refractivity contribution in [3.63, 3.8) is 0 Å². The van der Waals surface area contributed by atoms with E-state index < -0.39 is 73.1 Å². The number of aryl methyl sites for hydroxylation is 1. The average molecular weight is 672 g/mol. The van der Waals surface area contributed by atoms with E-state index in [1.54, 1.807) is 0 Å². The maximum absolute atomic E-state index is 13.5. The minimum atomic E-state index is -4.30. The number of sulfonamides is 2. The molecule has 1 spiro atoms. The topological polar surface area (TPSA) is 225 Å². The quantitative estimate of drug-likeness (QED) is 0.200. The van der Waals surface area contributed by atoms with Crippen LogP contribution in [-0.2, 0) is 40.9 Å². The molecule has 1 aliphatic carbocycles. The van der Waals surface area contributed by atoms with E-state index in [0.29, 0.717) is 6.42 Å². The van der Waals surface area contributed by atoms with Gasteiger partial charge in [-0.2, -0.15) is 4.72 Å². The second-order valence-corrected chi connectivity index (χ2v) is 14.6. The summed E-state index contributed by atoms with van der Waals surface area (Å²) in [6, 6.07) is 8.67. The molecule has 7 N–H and O–H groups in total. The third-order valence-electron chi connectivity index (χ3n) is 7.86. The number of carbonyl (C=O) groups is 3. The van der Waals surface area contributed by atoms with Crippen LogP contribution in [0.2, 0.25) is 5.02 Å². The Balaban J connectivity index is 1.47. The zero-order valence-corrected chi connectivity index (χ0v) is 26.1. The number of halogens is 1. The van der Waals surface area contributed by atoms with E-state index in [0.717, 1.165) is 11.6 Å². The Labute approximate surface area is 260 Å². The normalized spacial score (nSPS) is 22.3. The van der Waals surface area contributed by atoms with Gasteiger partial charge in [-0.05, 0) is 63.1 Å². The molecule has 2 aromatic rings. The van der Waals surface area contributed by atoms with E-state index in [9.17, 15) is 41.4 Å². The summed E-state index contributed by atoms with van der Waals surface area (Å²) in [6.45, 7) is 0.853. The molecule has 1 saturated carbocycles. The second-order valence-electron chi connectivity index (χ2n) is 11.0. The van der Waals surface area contributed by atoms with E-state index in [1.807, 2.05) is 30.3 Å². The molecule has 2 aliphatic rings. The van der Waals surface area contributed by atoms with Crippen molar-refractivity contribution < 1.29 is 41.4 Å². The lowest BCUT2D eigenvalue weighted by atomic mass is 9.85. The van der Waals surface area contributed by atoms with Gasteiger partial charge in [0.1, 0.15) is 28.0 Å². The zero-order valence-electron chi connectivity index (χ0n) is 23.7. The monoisotopic (exact) mass is 671 g/mol. The lowest BCUT2D eigenvalue weighted by molar-refractivity contribution is -0.148. The minimum Gasteiger partial charge on any atom is -0.480 e. The number of anilines is 1. The summed E-state index contributed by atoms with van der Waals surface area (Å²) in [5, 5.41) is 30.2. The van der Waals surface area contributed by atoms with Gasteiger partial charge in [-0.3, -0.25) is 19.7 Å². The van der Waals surface area contributed by atoms with Crippen LogP contribution in [0.5, 0.6) is 0 Å². The molecule has 4 rings (SSSR count). The Morgan fingerprint density at radius 3 is 2.36 bits per heavy atom. The van der Waals surface area contributed by atoms with Gasteiger partial charge in [0, 0.05) is 6.04 Å². The van der Waals surface area contributed by atoms with Gasteiger partial charge < -0.3 is 20.4 Å². The van der Waals surface area contributed by atoms with Crippen LogP contribution < -0.4 is 20.5 Å². The standard InChI is InChI=1S/C27H34ClN5O9S2/c1-16(30-20(26(37)38)8-7-17-5-3-2-4-6-17)25(36)33(15-24(34)35)18-9-11-27(12-10-18)31-21-13-19(28)22(43(29,39)40)14-23(21)44(41,42)32-27/h2-6,13-14,16,18,20,30-32H,7-12,15H2,1H3,(H,34,35)(H,37,38)(H2,29,39,40)/t16-,18?,20-,27?/m0/s1. The highest BCUT2D eigenvalue weighted by Gasteiger charge is 2.46. The summed E-state index contributed by atoms with van der Waals surface area (Å²) in [7, 11) is -8.51. The number of primary sulfonamides is 1. The van der Waals surface area contributed by atoms with Crippen molar-refractivity contribution >= 4 is 55.2 Å². The summed E-state index contributed by atoms with van der Waals surface area (Å²) in [5.41, 5.74) is -0.196. The number of hydrogen-bond acceptors (Lipinski definition) is 9. The van der Waals surface area contributed by atoms with Crippen molar-refractivity contribution in [2.75, 3.05) is 11.9 Å². The number of aliphatic carboxylic acids is 2. The van der Waals surface area contributed by atoms with Crippen LogP contribution in [0.3, 0.4) is 0 Å². The molecule has 1 aliphatic heterocycles. The van der Waals surface area contributed by atoms with Gasteiger partial charge in [0.15, 0.2) is 0 Å². The van der Waals surface area contributed by atoms with Crippen molar-refractivity contribution in [2.45, 2.75) is 79.0 Å². The smallest absolute Gasteiger partial charge is 0.323 e. The van der Waals surface area contributed by atoms with Crippen molar-refractivity contribution in [3.8, 4) is 0 Å². The first-order valence-corrected chi connectivity index (χ1v) is 17.2. The molecule has 14 nitrogen and oxygen atoms in total. The fraction of sp³-hybridized carbons (Fsp3) is 0.444. The highest BCUT2D eigenvalue weighted by Crippen LogP contribution is 2.41. The molecular formula is C27H34ClN5O9S2. The molecule has 0 saturated heterocycles. The summed E-state index contributed by atoms with van der Waals surface area (Å²) >= 11 is 6.09. The first-order valence-electron chi connectivity index (χ1n) is 13.7. The van der Waals surface area contributed by atoms with Gasteiger partial charge in [0.05, 0.1) is 16.8 Å². The number of carbonyl (C=O) groups excluding carboxylic acids is 1. The number of carboxylic acid groups (broad SMARTS) is 2. The maximum Gasteiger partial charge on any atom is 0.323 e. The fourth-order valence-corrected chi connectivity index (χ4v) is 8.42. The second kappa shape index (κ2) is 13.0. The number of amides is 1. The average Bonchev–Trinajstić information content (AvgIpc) is 2.93. The van der Waals surface area contributed by atoms with Crippen LogP contribution in [0.1, 0.15) is 44.6 Å². The van der Waals surface area contributed by atoms with Crippen LogP contribution in [0, 0.1) is 0 Å².